The summed E-state index contributed by atoms with van der Waals surface area (Å²) in [5, 5.41) is 12.1. The smallest absolute Gasteiger partial charge is 0.293 e. The number of nitrogens with zero attached hydrogens (tertiary/aromatic N) is 2. The minimum absolute atomic E-state index is 0.318. The topological polar surface area (TPSA) is 54.7 Å². The third-order valence-electron chi connectivity index (χ3n) is 3.92. The molecule has 0 saturated carbocycles. The van der Waals surface area contributed by atoms with E-state index in [1.165, 1.54) is 27.7 Å². The van der Waals surface area contributed by atoms with Gasteiger partial charge in [-0.2, -0.15) is 0 Å². The van der Waals surface area contributed by atoms with Crippen LogP contribution in [-0.4, -0.2) is 35.8 Å². The molecule has 2 heterocycles. The first-order valence-corrected chi connectivity index (χ1v) is 7.84. The lowest BCUT2D eigenvalue weighted by atomic mass is 10.1. The van der Waals surface area contributed by atoms with Crippen molar-refractivity contribution in [3.8, 4) is 11.4 Å². The van der Waals surface area contributed by atoms with Gasteiger partial charge in [-0.05, 0) is 45.0 Å². The molecule has 3 aromatic rings. The molecule has 0 unspecified atom stereocenters. The molecule has 0 fully saturated rings. The number of phenols is 1. The summed E-state index contributed by atoms with van der Waals surface area (Å²) in [7, 11) is 4.10. The van der Waals surface area contributed by atoms with E-state index >= 15 is 0 Å². The molecule has 2 aromatic carbocycles. The summed E-state index contributed by atoms with van der Waals surface area (Å²) >= 11 is 0. The molecule has 0 aliphatic carbocycles. The van der Waals surface area contributed by atoms with Gasteiger partial charge in [0.15, 0.2) is 0 Å². The molecule has 1 aromatic heterocycles. The third-order valence-corrected chi connectivity index (χ3v) is 3.92. The van der Waals surface area contributed by atoms with Crippen LogP contribution in [0.3, 0.4) is 0 Å². The molecule has 126 valence electrons. The van der Waals surface area contributed by atoms with E-state index in [4.69, 9.17) is 0 Å². The molecule has 0 radical (unpaired) electrons. The van der Waals surface area contributed by atoms with Crippen LogP contribution in [0.25, 0.3) is 27.5 Å². The Labute approximate surface area is 141 Å². The molecule has 5 heteroatoms. The monoisotopic (exact) mass is 326 g/mol. The van der Waals surface area contributed by atoms with Crippen molar-refractivity contribution in [3.63, 3.8) is 0 Å². The van der Waals surface area contributed by atoms with Crippen molar-refractivity contribution >= 4 is 34.0 Å². The number of ether oxygens (including phenoxy) is 1. The molecule has 0 atom stereocenters. The van der Waals surface area contributed by atoms with E-state index in [-0.39, 0.29) is 5.60 Å². The third kappa shape index (κ3) is 2.66. The van der Waals surface area contributed by atoms with Crippen LogP contribution >= 0.6 is 0 Å². The van der Waals surface area contributed by atoms with E-state index in [9.17, 15) is 9.90 Å². The normalized spacial score (nSPS) is 11.9. The van der Waals surface area contributed by atoms with Gasteiger partial charge in [-0.15, -0.1) is 0 Å². The Morgan fingerprint density at radius 3 is 2.33 bits per heavy atom. The highest BCUT2D eigenvalue weighted by Gasteiger charge is 2.30. The first kappa shape index (κ1) is 16.2. The summed E-state index contributed by atoms with van der Waals surface area (Å²) in [4.78, 5) is 11.7. The van der Waals surface area contributed by atoms with Gasteiger partial charge < -0.3 is 19.3 Å². The van der Waals surface area contributed by atoms with Crippen LogP contribution in [0, 0.1) is 0 Å². The number of anilines is 1. The summed E-state index contributed by atoms with van der Waals surface area (Å²) in [5.41, 5.74) is 4.61. The van der Waals surface area contributed by atoms with E-state index in [0.717, 1.165) is 5.52 Å². The number of hydrogen-bond donors (Lipinski definition) is 1. The molecule has 0 bridgehead atoms. The molecule has 24 heavy (non-hydrogen) atoms. The zero-order chi connectivity index (χ0) is 17.6. The van der Waals surface area contributed by atoms with Crippen LogP contribution in [0.5, 0.6) is 5.75 Å². The first-order chi connectivity index (χ1) is 11.2. The van der Waals surface area contributed by atoms with Crippen molar-refractivity contribution < 1.29 is 14.6 Å². The number of carbonyl (C=O) groups excluding carboxylic acids is 1. The standard InChI is InChI=1S/C14H12N2O.C5H10O2/c1-15(2)11-6-5-10-9-4-3-8(17)7-12(9)16-13(10)14(11)16;1-5(2,3)7-4-6/h3-7,17H,1-2H3;4H,1-3H3. The van der Waals surface area contributed by atoms with Gasteiger partial charge in [0.05, 0.1) is 22.4 Å². The van der Waals surface area contributed by atoms with Crippen molar-refractivity contribution in [2.45, 2.75) is 26.4 Å². The maximum absolute atomic E-state index is 9.60. The maximum Gasteiger partial charge on any atom is 0.293 e. The van der Waals surface area contributed by atoms with Crippen LogP contribution in [0.4, 0.5) is 5.69 Å². The van der Waals surface area contributed by atoms with Gasteiger partial charge in [0, 0.05) is 30.9 Å². The van der Waals surface area contributed by atoms with Gasteiger partial charge in [-0.25, -0.2) is 0 Å². The fraction of sp³-hybridized carbons (Fsp3) is 0.316. The van der Waals surface area contributed by atoms with Crippen LogP contribution in [0.2, 0.25) is 0 Å². The summed E-state index contributed by atoms with van der Waals surface area (Å²) in [6.07, 6.45) is 0. The van der Waals surface area contributed by atoms with Crippen molar-refractivity contribution in [1.82, 2.24) is 4.57 Å². The van der Waals surface area contributed by atoms with Gasteiger partial charge >= 0.3 is 0 Å². The van der Waals surface area contributed by atoms with Gasteiger partial charge in [0.25, 0.3) is 6.47 Å². The number of pyridine rings is 1. The van der Waals surface area contributed by atoms with E-state index in [0.29, 0.717) is 12.2 Å². The van der Waals surface area contributed by atoms with Gasteiger partial charge in [0.1, 0.15) is 11.4 Å². The van der Waals surface area contributed by atoms with Gasteiger partial charge in [-0.1, -0.05) is 0 Å². The summed E-state index contributed by atoms with van der Waals surface area (Å²) in [5.74, 6) is 0.326. The van der Waals surface area contributed by atoms with Gasteiger partial charge in [-0.3, -0.25) is 4.79 Å². The van der Waals surface area contributed by atoms with E-state index in [1.54, 1.807) is 6.07 Å². The predicted octanol–water partition coefficient (Wildman–Crippen LogP) is 3.83. The second-order valence-electron chi connectivity index (χ2n) is 7.09. The van der Waals surface area contributed by atoms with Crippen molar-refractivity contribution in [1.29, 1.82) is 0 Å². The Hall–Kier alpha value is -2.69. The van der Waals surface area contributed by atoms with Crippen LogP contribution in [-0.2, 0) is 9.53 Å². The molecular formula is C19H22N2O3. The lowest BCUT2D eigenvalue weighted by molar-refractivity contribution is -0.138. The lowest BCUT2D eigenvalue weighted by Gasteiger charge is -2.14. The molecule has 1 aliphatic heterocycles. The second-order valence-corrected chi connectivity index (χ2v) is 7.09. The molecule has 5 nitrogen and oxygen atoms in total. The van der Waals surface area contributed by atoms with Gasteiger partial charge in [0.2, 0.25) is 0 Å². The fourth-order valence-corrected chi connectivity index (χ4v) is 2.87. The number of aromatic nitrogens is 1. The highest BCUT2D eigenvalue weighted by molar-refractivity contribution is 6.21. The van der Waals surface area contributed by atoms with Crippen molar-refractivity contribution in [2.24, 2.45) is 0 Å². The van der Waals surface area contributed by atoms with E-state index in [2.05, 4.69) is 40.4 Å². The van der Waals surface area contributed by atoms with Crippen LogP contribution < -0.4 is 4.90 Å². The van der Waals surface area contributed by atoms with E-state index in [1.807, 2.05) is 32.9 Å². The second kappa shape index (κ2) is 5.44. The number of carbonyl (C=O) groups is 1. The molecular weight excluding hydrogens is 304 g/mol. The largest absolute Gasteiger partial charge is 0.508 e. The molecule has 4 rings (SSSR count). The Bertz CT molecular complexity index is 933. The number of fused-ring (bicyclic) bond motifs is 4. The van der Waals surface area contributed by atoms with Crippen LogP contribution in [0.15, 0.2) is 30.3 Å². The molecule has 0 saturated heterocycles. The summed E-state index contributed by atoms with van der Waals surface area (Å²) in [6.45, 7) is 5.92. The number of phenolic OH excluding ortho intramolecular Hbond substituents is 1. The minimum Gasteiger partial charge on any atom is -0.508 e. The highest BCUT2D eigenvalue weighted by atomic mass is 16.5. The van der Waals surface area contributed by atoms with E-state index < -0.39 is 0 Å². The SMILES string of the molecule is CC(C)(C)OC=O.CN(C)c1ccc2c3ccc(O)cc3n3c2c1-3. The van der Waals surface area contributed by atoms with Crippen LogP contribution in [0.1, 0.15) is 20.8 Å². The molecule has 0 amide bonds. The minimum atomic E-state index is -0.318. The highest BCUT2D eigenvalue weighted by Crippen LogP contribution is 2.49. The number of hydrogen-bond acceptors (Lipinski definition) is 4. The Balaban J connectivity index is 0.000000209. The zero-order valence-electron chi connectivity index (χ0n) is 14.6. The number of benzene rings is 2. The fourth-order valence-electron chi connectivity index (χ4n) is 2.87. The summed E-state index contributed by atoms with van der Waals surface area (Å²) < 4.78 is 6.77. The average Bonchev–Trinajstić information content (AvgIpc) is 3.11. The first-order valence-electron chi connectivity index (χ1n) is 7.84. The Morgan fingerprint density at radius 1 is 1.12 bits per heavy atom. The molecule has 1 aliphatic rings. The maximum atomic E-state index is 9.60. The van der Waals surface area contributed by atoms with Crippen molar-refractivity contribution in [2.75, 3.05) is 19.0 Å². The Kier molecular flexibility index (Phi) is 3.67. The predicted molar refractivity (Wildman–Crippen MR) is 97.2 cm³/mol. The number of aromatic hydroxyl groups is 1. The average molecular weight is 326 g/mol. The zero-order valence-corrected chi connectivity index (χ0v) is 14.6. The Morgan fingerprint density at radius 2 is 1.79 bits per heavy atom. The lowest BCUT2D eigenvalue weighted by Crippen LogP contribution is -2.17. The van der Waals surface area contributed by atoms with Crippen molar-refractivity contribution in [3.05, 3.63) is 30.3 Å². The number of rotatable bonds is 2. The summed E-state index contributed by atoms with van der Waals surface area (Å²) in [6, 6.07) is 9.89. The quantitative estimate of drug-likeness (QED) is 0.569. The molecule has 0 spiro atoms. The molecule has 1 N–H and O–H groups in total.